The lowest BCUT2D eigenvalue weighted by atomic mass is 10.0. The van der Waals surface area contributed by atoms with Crippen LogP contribution in [0.1, 0.15) is 22.5 Å². The summed E-state index contributed by atoms with van der Waals surface area (Å²) >= 11 is 0. The zero-order valence-corrected chi connectivity index (χ0v) is 19.0. The average Bonchev–Trinajstić information content (AvgIpc) is 3.42. The van der Waals surface area contributed by atoms with Gasteiger partial charge in [-0.25, -0.2) is 0 Å². The Balaban J connectivity index is 0.000000141. The number of aromatic amines is 2. The summed E-state index contributed by atoms with van der Waals surface area (Å²) < 4.78 is 10.5. The van der Waals surface area contributed by atoms with Crippen LogP contribution in [0.2, 0.25) is 0 Å². The Kier molecular flexibility index (Phi) is 7.16. The Morgan fingerprint density at radius 3 is 1.61 bits per heavy atom. The molecule has 2 aromatic carbocycles. The number of aromatic nitrogens is 2. The molecule has 8 heteroatoms. The fourth-order valence-electron chi connectivity index (χ4n) is 4.55. The maximum atomic E-state index is 8.36. The topological polar surface area (TPSA) is 111 Å². The van der Waals surface area contributed by atoms with Gasteiger partial charge in [-0.3, -0.25) is 4.79 Å². The normalized spacial score (nSPS) is 14.2. The van der Waals surface area contributed by atoms with Crippen molar-refractivity contribution in [3.05, 3.63) is 58.9 Å². The Morgan fingerprint density at radius 2 is 1.21 bits per heavy atom. The SMILES string of the molecule is COc1ccc2[nH]c3c(c2c1)CCNC3.COc1ccc2[nH]c3c(c2c1)CCNC3.O=CO. The molecule has 5 N–H and O–H groups in total. The van der Waals surface area contributed by atoms with Crippen LogP contribution in [0.4, 0.5) is 0 Å². The summed E-state index contributed by atoms with van der Waals surface area (Å²) in [5.41, 5.74) is 7.97. The van der Waals surface area contributed by atoms with Crippen LogP contribution in [0, 0.1) is 0 Å². The largest absolute Gasteiger partial charge is 0.497 e. The van der Waals surface area contributed by atoms with Crippen LogP contribution < -0.4 is 20.1 Å². The summed E-state index contributed by atoms with van der Waals surface area (Å²) in [7, 11) is 3.42. The molecule has 0 amide bonds. The molecule has 0 radical (unpaired) electrons. The molecule has 174 valence electrons. The lowest BCUT2D eigenvalue weighted by molar-refractivity contribution is -0.122. The number of carbonyl (C=O) groups is 1. The van der Waals surface area contributed by atoms with Crippen molar-refractivity contribution < 1.29 is 19.4 Å². The molecule has 0 saturated heterocycles. The molecular formula is C25H30N4O4. The molecule has 4 heterocycles. The Labute approximate surface area is 192 Å². The smallest absolute Gasteiger partial charge is 0.290 e. The third-order valence-corrected chi connectivity index (χ3v) is 6.11. The van der Waals surface area contributed by atoms with Crippen LogP contribution in [0.15, 0.2) is 36.4 Å². The Bertz CT molecular complexity index is 1150. The van der Waals surface area contributed by atoms with Gasteiger partial charge in [-0.05, 0) is 73.5 Å². The molecule has 0 unspecified atom stereocenters. The van der Waals surface area contributed by atoms with Crippen molar-refractivity contribution in [2.75, 3.05) is 27.3 Å². The van der Waals surface area contributed by atoms with E-state index < -0.39 is 0 Å². The number of rotatable bonds is 2. The molecule has 0 bridgehead atoms. The predicted molar refractivity (Wildman–Crippen MR) is 129 cm³/mol. The number of H-pyrrole nitrogens is 2. The van der Waals surface area contributed by atoms with Crippen molar-refractivity contribution in [1.29, 1.82) is 0 Å². The first kappa shape index (κ1) is 22.7. The number of methoxy groups -OCH3 is 2. The van der Waals surface area contributed by atoms with Crippen LogP contribution in [-0.2, 0) is 30.7 Å². The second-order valence-corrected chi connectivity index (χ2v) is 7.95. The fourth-order valence-corrected chi connectivity index (χ4v) is 4.55. The maximum Gasteiger partial charge on any atom is 0.290 e. The second kappa shape index (κ2) is 10.4. The van der Waals surface area contributed by atoms with Crippen molar-refractivity contribution in [3.8, 4) is 11.5 Å². The summed E-state index contributed by atoms with van der Waals surface area (Å²) in [6, 6.07) is 12.4. The lowest BCUT2D eigenvalue weighted by Crippen LogP contribution is -2.22. The molecule has 0 atom stereocenters. The van der Waals surface area contributed by atoms with E-state index in [1.165, 1.54) is 44.3 Å². The van der Waals surface area contributed by atoms with E-state index >= 15 is 0 Å². The van der Waals surface area contributed by atoms with Gasteiger partial charge in [0.2, 0.25) is 0 Å². The van der Waals surface area contributed by atoms with Crippen LogP contribution in [-0.4, -0.2) is 48.9 Å². The number of ether oxygens (including phenoxy) is 2. The van der Waals surface area contributed by atoms with Crippen molar-refractivity contribution in [2.45, 2.75) is 25.9 Å². The molecule has 0 fully saturated rings. The monoisotopic (exact) mass is 450 g/mol. The van der Waals surface area contributed by atoms with Crippen LogP contribution in [0.3, 0.4) is 0 Å². The summed E-state index contributed by atoms with van der Waals surface area (Å²) in [6.45, 7) is 3.78. The van der Waals surface area contributed by atoms with Gasteiger partial charge in [0.05, 0.1) is 14.2 Å². The molecule has 4 aromatic rings. The summed E-state index contributed by atoms with van der Waals surface area (Å²) in [6.07, 6.45) is 2.20. The van der Waals surface area contributed by atoms with Gasteiger partial charge in [0.15, 0.2) is 0 Å². The van der Waals surface area contributed by atoms with Gasteiger partial charge in [0, 0.05) is 46.3 Å². The molecule has 0 spiro atoms. The molecule has 2 aliphatic rings. The highest BCUT2D eigenvalue weighted by Gasteiger charge is 2.16. The van der Waals surface area contributed by atoms with Crippen molar-refractivity contribution in [2.24, 2.45) is 0 Å². The minimum atomic E-state index is -0.250. The van der Waals surface area contributed by atoms with Gasteiger partial charge in [-0.15, -0.1) is 0 Å². The van der Waals surface area contributed by atoms with E-state index in [4.69, 9.17) is 19.4 Å². The Morgan fingerprint density at radius 1 is 0.788 bits per heavy atom. The zero-order valence-electron chi connectivity index (χ0n) is 19.0. The quantitative estimate of drug-likeness (QED) is 0.300. The molecule has 2 aliphatic heterocycles. The Hall–Kier alpha value is -3.49. The molecular weight excluding hydrogens is 420 g/mol. The second-order valence-electron chi connectivity index (χ2n) is 7.95. The minimum Gasteiger partial charge on any atom is -0.497 e. The van der Waals surface area contributed by atoms with E-state index in [0.717, 1.165) is 50.5 Å². The van der Waals surface area contributed by atoms with Crippen LogP contribution >= 0.6 is 0 Å². The van der Waals surface area contributed by atoms with Gasteiger partial charge < -0.3 is 35.2 Å². The lowest BCUT2D eigenvalue weighted by Gasteiger charge is -2.12. The van der Waals surface area contributed by atoms with E-state index in [-0.39, 0.29) is 6.47 Å². The minimum absolute atomic E-state index is 0.250. The van der Waals surface area contributed by atoms with Crippen molar-refractivity contribution in [1.82, 2.24) is 20.6 Å². The first-order chi connectivity index (χ1) is 16.2. The molecule has 6 rings (SSSR count). The number of fused-ring (bicyclic) bond motifs is 6. The number of benzene rings is 2. The van der Waals surface area contributed by atoms with Gasteiger partial charge in [0.25, 0.3) is 6.47 Å². The molecule has 0 aliphatic carbocycles. The van der Waals surface area contributed by atoms with Gasteiger partial charge in [-0.1, -0.05) is 0 Å². The number of hydrogen-bond acceptors (Lipinski definition) is 5. The molecule has 0 saturated carbocycles. The zero-order chi connectivity index (χ0) is 23.2. The van der Waals surface area contributed by atoms with E-state index in [2.05, 4.69) is 44.9 Å². The average molecular weight is 451 g/mol. The first-order valence-electron chi connectivity index (χ1n) is 11.0. The highest BCUT2D eigenvalue weighted by molar-refractivity contribution is 5.87. The van der Waals surface area contributed by atoms with E-state index in [1.807, 2.05) is 12.1 Å². The fraction of sp³-hybridized carbons (Fsp3) is 0.320. The van der Waals surface area contributed by atoms with Crippen molar-refractivity contribution in [3.63, 3.8) is 0 Å². The summed E-state index contributed by atoms with van der Waals surface area (Å²) in [5.74, 6) is 1.87. The third kappa shape index (κ3) is 4.81. The number of carboxylic acid groups (broad SMARTS) is 1. The molecule has 8 nitrogen and oxygen atoms in total. The highest BCUT2D eigenvalue weighted by atomic mass is 16.5. The number of nitrogens with one attached hydrogen (secondary N) is 4. The number of hydrogen-bond donors (Lipinski definition) is 5. The highest BCUT2D eigenvalue weighted by Crippen LogP contribution is 2.29. The van der Waals surface area contributed by atoms with Crippen LogP contribution in [0.25, 0.3) is 21.8 Å². The summed E-state index contributed by atoms with van der Waals surface area (Å²) in [4.78, 5) is 15.3. The van der Waals surface area contributed by atoms with E-state index in [9.17, 15) is 0 Å². The van der Waals surface area contributed by atoms with Gasteiger partial charge in [0.1, 0.15) is 11.5 Å². The molecule has 33 heavy (non-hydrogen) atoms. The van der Waals surface area contributed by atoms with Crippen molar-refractivity contribution >= 4 is 28.3 Å². The summed E-state index contributed by atoms with van der Waals surface area (Å²) in [5, 5.41) is 16.2. The third-order valence-electron chi connectivity index (χ3n) is 6.11. The standard InChI is InChI=1S/2C12H14N2O.CH2O2/c2*1-15-8-2-3-11-10(6-8)9-4-5-13-7-12(9)14-11;2-1-3/h2*2-3,6,13-14H,4-5,7H2,1H3;1H,(H,2,3). The van der Waals surface area contributed by atoms with Crippen LogP contribution in [0.5, 0.6) is 11.5 Å². The van der Waals surface area contributed by atoms with Gasteiger partial charge in [-0.2, -0.15) is 0 Å². The molecule has 2 aromatic heterocycles. The maximum absolute atomic E-state index is 8.36. The first-order valence-corrected chi connectivity index (χ1v) is 11.0. The van der Waals surface area contributed by atoms with E-state index in [0.29, 0.717) is 0 Å². The van der Waals surface area contributed by atoms with Gasteiger partial charge >= 0.3 is 0 Å². The predicted octanol–water partition coefficient (Wildman–Crippen LogP) is 3.35. The van der Waals surface area contributed by atoms with E-state index in [1.54, 1.807) is 14.2 Å².